The largest absolute Gasteiger partial charge is 0.431 e. The van der Waals surface area contributed by atoms with Crippen molar-refractivity contribution < 1.29 is 54.2 Å². The van der Waals surface area contributed by atoms with Crippen molar-refractivity contribution in [3.63, 3.8) is 0 Å². The maximum absolute atomic E-state index is 14.4. The van der Waals surface area contributed by atoms with E-state index in [-0.39, 0.29) is 5.69 Å². The van der Waals surface area contributed by atoms with Crippen LogP contribution >= 0.6 is 0 Å². The van der Waals surface area contributed by atoms with Gasteiger partial charge < -0.3 is 20.5 Å². The molecular formula is C22H18F8N2O4. The minimum Gasteiger partial charge on any atom is -0.431 e. The fourth-order valence-electron chi connectivity index (χ4n) is 4.05. The van der Waals surface area contributed by atoms with Crippen LogP contribution in [0.1, 0.15) is 35.7 Å². The topological polar surface area (TPSA) is 90.6 Å². The first-order valence-electron chi connectivity index (χ1n) is 10.2. The monoisotopic (exact) mass is 526 g/mol. The lowest BCUT2D eigenvalue weighted by molar-refractivity contribution is -0.272. The van der Waals surface area contributed by atoms with Gasteiger partial charge in [0.2, 0.25) is 5.82 Å². The van der Waals surface area contributed by atoms with Gasteiger partial charge in [-0.3, -0.25) is 9.59 Å². The molecule has 0 radical (unpaired) electrons. The zero-order chi connectivity index (χ0) is 27.2. The Balaban J connectivity index is 2.11. The molecule has 4 atom stereocenters. The Morgan fingerprint density at radius 2 is 1.72 bits per heavy atom. The highest BCUT2D eigenvalue weighted by molar-refractivity contribution is 5.98. The van der Waals surface area contributed by atoms with Crippen LogP contribution in [0.2, 0.25) is 0 Å². The maximum Gasteiger partial charge on any atom is 0.417 e. The SMILES string of the molecule is C[C@@H]1[C@H](c2ccc(F)c(F)c2OC(F)F)[C@H](C(=O)Nc2ccc(F)c(C(N)=O)c2)O[C@@]1(C)C(F)(F)F. The lowest BCUT2D eigenvalue weighted by Crippen LogP contribution is -2.47. The van der Waals surface area contributed by atoms with E-state index in [9.17, 15) is 44.7 Å². The Morgan fingerprint density at radius 3 is 2.28 bits per heavy atom. The van der Waals surface area contributed by atoms with Gasteiger partial charge in [0, 0.05) is 23.1 Å². The summed E-state index contributed by atoms with van der Waals surface area (Å²) in [7, 11) is 0. The molecule has 0 bridgehead atoms. The highest BCUT2D eigenvalue weighted by atomic mass is 19.4. The van der Waals surface area contributed by atoms with Crippen molar-refractivity contribution in [1.29, 1.82) is 0 Å². The van der Waals surface area contributed by atoms with Crippen molar-refractivity contribution in [2.75, 3.05) is 5.32 Å². The molecule has 2 aromatic rings. The number of amides is 2. The second kappa shape index (κ2) is 9.56. The molecule has 0 aromatic heterocycles. The number of primary amides is 1. The van der Waals surface area contributed by atoms with Crippen molar-refractivity contribution in [2.45, 2.75) is 44.3 Å². The molecule has 2 amide bonds. The Hall–Kier alpha value is -3.42. The lowest BCUT2D eigenvalue weighted by atomic mass is 9.77. The van der Waals surface area contributed by atoms with Gasteiger partial charge in [0.05, 0.1) is 5.56 Å². The molecule has 6 nitrogen and oxygen atoms in total. The van der Waals surface area contributed by atoms with Crippen LogP contribution < -0.4 is 15.8 Å². The number of rotatable bonds is 6. The third-order valence-electron chi connectivity index (χ3n) is 6.07. The van der Waals surface area contributed by atoms with E-state index in [1.807, 2.05) is 0 Å². The van der Waals surface area contributed by atoms with Crippen LogP contribution in [0.15, 0.2) is 30.3 Å². The van der Waals surface area contributed by atoms with Gasteiger partial charge in [-0.15, -0.1) is 0 Å². The molecule has 3 N–H and O–H groups in total. The summed E-state index contributed by atoms with van der Waals surface area (Å²) in [5.41, 5.74) is 0.424. The minimum absolute atomic E-state index is 0.264. The zero-order valence-corrected chi connectivity index (χ0v) is 18.4. The number of carbonyl (C=O) groups is 2. The van der Waals surface area contributed by atoms with Crippen molar-refractivity contribution in [3.8, 4) is 5.75 Å². The first-order valence-corrected chi connectivity index (χ1v) is 10.2. The number of anilines is 1. The molecule has 36 heavy (non-hydrogen) atoms. The number of hydrogen-bond acceptors (Lipinski definition) is 4. The highest BCUT2D eigenvalue weighted by Crippen LogP contribution is 2.55. The lowest BCUT2D eigenvalue weighted by Gasteiger charge is -2.32. The summed E-state index contributed by atoms with van der Waals surface area (Å²) in [6.07, 6.45) is -7.18. The zero-order valence-electron chi connectivity index (χ0n) is 18.4. The van der Waals surface area contributed by atoms with Gasteiger partial charge in [-0.1, -0.05) is 13.0 Å². The van der Waals surface area contributed by atoms with E-state index in [2.05, 4.69) is 10.1 Å². The average Bonchev–Trinajstić information content (AvgIpc) is 3.04. The Labute approximate surface area is 198 Å². The van der Waals surface area contributed by atoms with E-state index in [1.165, 1.54) is 0 Å². The molecule has 196 valence electrons. The van der Waals surface area contributed by atoms with Crippen LogP contribution in [0.5, 0.6) is 5.75 Å². The molecule has 1 aliphatic rings. The van der Waals surface area contributed by atoms with Crippen molar-refractivity contribution in [3.05, 3.63) is 58.9 Å². The summed E-state index contributed by atoms with van der Waals surface area (Å²) in [6.45, 7) is -2.08. The van der Waals surface area contributed by atoms with Crippen molar-refractivity contribution >= 4 is 17.5 Å². The standard InChI is InChI=1S/C22H18F8N2O4/c1-8-14(10-4-6-13(24)15(25)16(10)35-20(26)27)17(36-21(8,2)22(28,29)30)19(34)32-9-3-5-12(23)11(7-9)18(31)33/h3-8,14,17,20H,1-2H3,(H2,31,33)(H,32,34)/t8-,14-,17-,21-/m1/s1. The average molecular weight is 526 g/mol. The molecule has 1 saturated heterocycles. The number of carbonyl (C=O) groups excluding carboxylic acids is 2. The Bertz CT molecular complexity index is 1190. The summed E-state index contributed by atoms with van der Waals surface area (Å²) in [5, 5.41) is 2.14. The van der Waals surface area contributed by atoms with E-state index in [4.69, 9.17) is 10.5 Å². The van der Waals surface area contributed by atoms with Crippen LogP contribution in [-0.4, -0.2) is 36.3 Å². The second-order valence-corrected chi connectivity index (χ2v) is 8.16. The van der Waals surface area contributed by atoms with E-state index in [0.29, 0.717) is 19.1 Å². The molecule has 3 rings (SSSR count). The third-order valence-corrected chi connectivity index (χ3v) is 6.07. The smallest absolute Gasteiger partial charge is 0.417 e. The van der Waals surface area contributed by atoms with Gasteiger partial charge in [-0.05, 0) is 31.2 Å². The quantitative estimate of drug-likeness (QED) is 0.525. The third kappa shape index (κ3) is 4.81. The van der Waals surface area contributed by atoms with Crippen LogP contribution in [0.3, 0.4) is 0 Å². The first kappa shape index (κ1) is 27.2. The van der Waals surface area contributed by atoms with E-state index >= 15 is 0 Å². The number of halogens is 8. The molecule has 1 aliphatic heterocycles. The summed E-state index contributed by atoms with van der Waals surface area (Å²) in [4.78, 5) is 24.4. The Morgan fingerprint density at radius 1 is 1.11 bits per heavy atom. The number of benzene rings is 2. The van der Waals surface area contributed by atoms with E-state index < -0.39 is 82.5 Å². The van der Waals surface area contributed by atoms with Gasteiger partial charge in [0.1, 0.15) is 11.9 Å². The molecule has 0 saturated carbocycles. The molecule has 14 heteroatoms. The van der Waals surface area contributed by atoms with Crippen LogP contribution in [-0.2, 0) is 9.53 Å². The molecule has 0 aliphatic carbocycles. The first-order chi connectivity index (χ1) is 16.6. The molecule has 2 aromatic carbocycles. The number of ether oxygens (including phenoxy) is 2. The van der Waals surface area contributed by atoms with Gasteiger partial charge in [-0.25, -0.2) is 8.78 Å². The van der Waals surface area contributed by atoms with Gasteiger partial charge in [0.15, 0.2) is 17.2 Å². The Kier molecular flexibility index (Phi) is 7.22. The van der Waals surface area contributed by atoms with Crippen LogP contribution in [0.4, 0.5) is 40.8 Å². The van der Waals surface area contributed by atoms with Gasteiger partial charge in [-0.2, -0.15) is 26.3 Å². The highest BCUT2D eigenvalue weighted by Gasteiger charge is 2.66. The fraction of sp³-hybridized carbons (Fsp3) is 0.364. The van der Waals surface area contributed by atoms with Crippen LogP contribution in [0, 0.1) is 23.4 Å². The van der Waals surface area contributed by atoms with E-state index in [0.717, 1.165) is 25.1 Å². The summed E-state index contributed by atoms with van der Waals surface area (Å²) < 4.78 is 119. The van der Waals surface area contributed by atoms with Crippen molar-refractivity contribution in [2.24, 2.45) is 11.7 Å². The predicted octanol–water partition coefficient (Wildman–Crippen LogP) is 4.88. The number of hydrogen-bond donors (Lipinski definition) is 2. The second-order valence-electron chi connectivity index (χ2n) is 8.16. The van der Waals surface area contributed by atoms with Crippen molar-refractivity contribution in [1.82, 2.24) is 0 Å². The van der Waals surface area contributed by atoms with E-state index in [1.54, 1.807) is 0 Å². The summed E-state index contributed by atoms with van der Waals surface area (Å²) >= 11 is 0. The molecule has 0 spiro atoms. The minimum atomic E-state index is -5.09. The normalized spacial score (nSPS) is 24.1. The maximum atomic E-state index is 14.4. The van der Waals surface area contributed by atoms with Gasteiger partial charge >= 0.3 is 12.8 Å². The number of alkyl halides is 5. The molecule has 1 heterocycles. The summed E-state index contributed by atoms with van der Waals surface area (Å²) in [5.74, 6) is -11.9. The van der Waals surface area contributed by atoms with Gasteiger partial charge in [0.25, 0.3) is 11.8 Å². The molecular weight excluding hydrogens is 508 g/mol. The predicted molar refractivity (Wildman–Crippen MR) is 108 cm³/mol. The fourth-order valence-corrected chi connectivity index (χ4v) is 4.05. The summed E-state index contributed by atoms with van der Waals surface area (Å²) in [6, 6.07) is 3.74. The number of nitrogens with two attached hydrogens (primary N) is 1. The molecule has 0 unspecified atom stereocenters. The molecule has 1 fully saturated rings. The van der Waals surface area contributed by atoms with Crippen LogP contribution in [0.25, 0.3) is 0 Å². The number of nitrogens with one attached hydrogen (secondary N) is 1.